The Morgan fingerprint density at radius 2 is 1.31 bits per heavy atom. The molecule has 150 valence electrons. The van der Waals surface area contributed by atoms with Crippen molar-refractivity contribution >= 4 is 31.9 Å². The maximum absolute atomic E-state index is 10.7. The van der Waals surface area contributed by atoms with Crippen LogP contribution in [0, 0.1) is 44.4 Å². The van der Waals surface area contributed by atoms with Crippen LogP contribution in [0.25, 0.3) is 0 Å². The summed E-state index contributed by atoms with van der Waals surface area (Å²) in [5, 5.41) is 11.9. The minimum absolute atomic E-state index is 0.556. The topological polar surface area (TPSA) is 20.2 Å². The molecule has 0 bridgehead atoms. The predicted molar refractivity (Wildman–Crippen MR) is 118 cm³/mol. The average molecular weight is 452 g/mol. The van der Waals surface area contributed by atoms with Crippen LogP contribution in [0.1, 0.15) is 45.7 Å². The van der Waals surface area contributed by atoms with Crippen molar-refractivity contribution in [2.24, 2.45) is 23.7 Å². The third kappa shape index (κ3) is 5.77. The van der Waals surface area contributed by atoms with Crippen molar-refractivity contribution in [3.05, 3.63) is 30.2 Å². The predicted octanol–water partition coefficient (Wildman–Crippen LogP) is 7.07. The molecule has 1 aliphatic rings. The molecule has 1 fully saturated rings. The summed E-state index contributed by atoms with van der Waals surface area (Å²) in [7, 11) is 8.06. The van der Waals surface area contributed by atoms with Crippen molar-refractivity contribution in [1.82, 2.24) is 0 Å². The molecule has 1 N–H and O–H groups in total. The summed E-state index contributed by atoms with van der Waals surface area (Å²) >= 11 is -0.556. The van der Waals surface area contributed by atoms with E-state index >= 15 is 0 Å². The fourth-order valence-corrected chi connectivity index (χ4v) is 10.0. The fraction of sp³-hybridized carbons (Fsp3) is 0.667. The second kappa shape index (κ2) is 11.5. The van der Waals surface area contributed by atoms with Gasteiger partial charge in [0.25, 0.3) is 0 Å². The Morgan fingerprint density at radius 1 is 0.923 bits per heavy atom. The third-order valence-electron chi connectivity index (χ3n) is 6.59. The van der Waals surface area contributed by atoms with Gasteiger partial charge >= 0.3 is 35.6 Å². The van der Waals surface area contributed by atoms with E-state index in [1.165, 1.54) is 10.8 Å². The first kappa shape index (κ1) is 26.5. The van der Waals surface area contributed by atoms with Gasteiger partial charge in [-0.15, -0.1) is 0 Å². The van der Waals surface area contributed by atoms with Gasteiger partial charge in [-0.2, -0.15) is 6.92 Å². The summed E-state index contributed by atoms with van der Waals surface area (Å²) in [5.74, 6) is 3.62. The van der Waals surface area contributed by atoms with E-state index in [0.29, 0.717) is 5.75 Å². The van der Waals surface area contributed by atoms with Gasteiger partial charge in [0.1, 0.15) is 5.75 Å². The summed E-state index contributed by atoms with van der Waals surface area (Å²) in [4.78, 5) is 0. The van der Waals surface area contributed by atoms with E-state index in [1.807, 2.05) is 6.92 Å². The molecule has 1 nitrogen and oxygen atoms in total. The Kier molecular flexibility index (Phi) is 11.7. The number of hydrogen-bond acceptors (Lipinski definition) is 1. The molecule has 0 spiro atoms. The first-order chi connectivity index (χ1) is 12.0. The molecule has 0 heterocycles. The number of aromatic hydroxyl groups is 1. The molecular weight excluding hydrogens is 415 g/mol. The summed E-state index contributed by atoms with van der Waals surface area (Å²) in [5.41, 5.74) is 3.06. The van der Waals surface area contributed by atoms with E-state index in [9.17, 15) is 5.11 Å². The van der Waals surface area contributed by atoms with Gasteiger partial charge in [0.2, 0.25) is 0 Å². The molecular formula is C21H37Cl2OSiTi-. The maximum atomic E-state index is 10.7. The average Bonchev–Trinajstić information content (AvgIpc) is 2.77. The Bertz CT molecular complexity index is 551. The van der Waals surface area contributed by atoms with Crippen molar-refractivity contribution < 1.29 is 22.1 Å². The summed E-state index contributed by atoms with van der Waals surface area (Å²) in [6.07, 6.45) is 0. The third-order valence-corrected chi connectivity index (χ3v) is 11.1. The zero-order valence-electron chi connectivity index (χ0n) is 18.0. The van der Waals surface area contributed by atoms with Gasteiger partial charge in [0.05, 0.1) is 8.07 Å². The number of benzene rings is 1. The van der Waals surface area contributed by atoms with Crippen molar-refractivity contribution in [2.45, 2.75) is 67.1 Å². The molecule has 0 amide bonds. The van der Waals surface area contributed by atoms with Gasteiger partial charge in [-0.3, -0.25) is 0 Å². The van der Waals surface area contributed by atoms with Crippen LogP contribution in [-0.2, 0) is 17.0 Å². The first-order valence-electron chi connectivity index (χ1n) is 9.48. The molecule has 0 saturated heterocycles. The number of phenols is 1. The number of hydrogen-bond donors (Lipinski definition) is 1. The molecule has 1 aromatic rings. The first-order valence-corrected chi connectivity index (χ1v) is 16.9. The summed E-state index contributed by atoms with van der Waals surface area (Å²) < 4.78 is 0. The van der Waals surface area contributed by atoms with E-state index < -0.39 is 25.1 Å². The monoisotopic (exact) mass is 451 g/mol. The molecule has 1 aliphatic carbocycles. The number of halogens is 2. The van der Waals surface area contributed by atoms with Crippen LogP contribution in [-0.4, -0.2) is 13.2 Å². The van der Waals surface area contributed by atoms with Gasteiger partial charge in [0, 0.05) is 0 Å². The van der Waals surface area contributed by atoms with Gasteiger partial charge in [0.15, 0.2) is 0 Å². The van der Waals surface area contributed by atoms with Crippen molar-refractivity contribution in [2.75, 3.05) is 0 Å². The van der Waals surface area contributed by atoms with Gasteiger partial charge in [-0.1, -0.05) is 58.5 Å². The molecule has 26 heavy (non-hydrogen) atoms. The molecule has 4 atom stereocenters. The van der Waals surface area contributed by atoms with Gasteiger partial charge in [-0.25, -0.2) is 0 Å². The number of aryl methyl sites for hydroxylation is 2. The van der Waals surface area contributed by atoms with Crippen LogP contribution in [0.15, 0.2) is 12.1 Å². The number of phenolic OH excluding ortho intramolecular Hbond substituents is 1. The van der Waals surface area contributed by atoms with Crippen molar-refractivity contribution in [3.63, 3.8) is 0 Å². The Morgan fingerprint density at radius 3 is 1.69 bits per heavy atom. The molecule has 0 aliphatic heterocycles. The molecule has 4 unspecified atom stereocenters. The van der Waals surface area contributed by atoms with E-state index in [1.54, 1.807) is 6.92 Å². The second-order valence-corrected chi connectivity index (χ2v) is 15.5. The van der Waals surface area contributed by atoms with Crippen molar-refractivity contribution in [1.29, 1.82) is 0 Å². The number of rotatable bonds is 2. The Hall–Kier alpha value is 0.531. The standard InChI is InChI=1S/C19H32OSi.C2H5.2ClH.Ti/c1-11-9-12(2)18(20)17(10-11)21(7,8)19-15(5)13(3)14(4)16(19)6;1-2;;;/h9-10,13-16,19-20H,1-8H3;1H2,2H3;2*1H;/q;-1;;;+2/p-2. The van der Waals surface area contributed by atoms with Gasteiger partial charge < -0.3 is 12.0 Å². The van der Waals surface area contributed by atoms with Crippen LogP contribution in [0.3, 0.4) is 0 Å². The van der Waals surface area contributed by atoms with Crippen LogP contribution in [0.2, 0.25) is 18.6 Å². The SMILES string of the molecule is Cc1cc(C)c(O)c([Si](C)(C)C2C(C)C(C)C(C)C2C)c1.[CH2-]C.[Cl][Ti][Cl]. The molecule has 0 aromatic heterocycles. The fourth-order valence-electron chi connectivity index (χ4n) is 5.04. The molecule has 2 rings (SSSR count). The van der Waals surface area contributed by atoms with Gasteiger partial charge in [-0.05, 0) is 53.8 Å². The van der Waals surface area contributed by atoms with E-state index in [0.717, 1.165) is 34.8 Å². The second-order valence-electron chi connectivity index (χ2n) is 8.23. The minimum atomic E-state index is -1.71. The van der Waals surface area contributed by atoms with E-state index in [-0.39, 0.29) is 0 Å². The molecule has 1 aromatic carbocycles. The van der Waals surface area contributed by atoms with Crippen LogP contribution in [0.4, 0.5) is 0 Å². The van der Waals surface area contributed by atoms with Crippen LogP contribution >= 0.6 is 18.6 Å². The van der Waals surface area contributed by atoms with E-state index in [4.69, 9.17) is 18.6 Å². The van der Waals surface area contributed by atoms with E-state index in [2.05, 4.69) is 66.8 Å². The van der Waals surface area contributed by atoms with Crippen molar-refractivity contribution in [3.8, 4) is 5.75 Å². The molecule has 0 radical (unpaired) electrons. The normalized spacial score (nSPS) is 27.8. The Labute approximate surface area is 180 Å². The summed E-state index contributed by atoms with van der Waals surface area (Å²) in [6, 6.07) is 4.34. The molecule has 1 saturated carbocycles. The Balaban J connectivity index is 0.00000113. The molecule has 5 heteroatoms. The zero-order chi connectivity index (χ0) is 20.8. The quantitative estimate of drug-likeness (QED) is 0.376. The van der Waals surface area contributed by atoms with Crippen LogP contribution in [0.5, 0.6) is 5.75 Å². The van der Waals surface area contributed by atoms with Crippen LogP contribution < -0.4 is 5.19 Å². The zero-order valence-corrected chi connectivity index (χ0v) is 22.0. The summed E-state index contributed by atoms with van der Waals surface area (Å²) in [6.45, 7) is 23.8.